The molecule has 7 heteroatoms. The maximum absolute atomic E-state index is 11.5. The molecule has 1 aromatic heterocycles. The highest BCUT2D eigenvalue weighted by Gasteiger charge is 2.26. The van der Waals surface area contributed by atoms with Crippen LogP contribution in [0.3, 0.4) is 0 Å². The zero-order valence-electron chi connectivity index (χ0n) is 9.43. The largest absolute Gasteiger partial charge is 0.396 e. The fourth-order valence-corrected chi connectivity index (χ4v) is 1.65. The van der Waals surface area contributed by atoms with Crippen LogP contribution >= 0.6 is 0 Å². The first-order valence-electron chi connectivity index (χ1n) is 5.37. The van der Waals surface area contributed by atoms with E-state index in [2.05, 4.69) is 15.6 Å². The van der Waals surface area contributed by atoms with E-state index in [1.807, 2.05) is 6.07 Å². The lowest BCUT2D eigenvalue weighted by Crippen LogP contribution is -2.47. The van der Waals surface area contributed by atoms with E-state index in [0.29, 0.717) is 12.2 Å². The second kappa shape index (κ2) is 4.71. The number of nitrogens with zero attached hydrogens (tertiary/aromatic N) is 2. The van der Waals surface area contributed by atoms with E-state index in [-0.39, 0.29) is 29.6 Å². The Morgan fingerprint density at radius 2 is 2.28 bits per heavy atom. The Bertz CT molecular complexity index is 549. The first-order valence-corrected chi connectivity index (χ1v) is 5.37. The molecule has 18 heavy (non-hydrogen) atoms. The van der Waals surface area contributed by atoms with Gasteiger partial charge < -0.3 is 11.1 Å². The molecule has 1 unspecified atom stereocenters. The number of hydrogen-bond acceptors (Lipinski definition) is 6. The highest BCUT2D eigenvalue weighted by Crippen LogP contribution is 2.15. The van der Waals surface area contributed by atoms with E-state index in [4.69, 9.17) is 11.0 Å². The quantitative estimate of drug-likeness (QED) is 0.618. The van der Waals surface area contributed by atoms with Gasteiger partial charge in [0, 0.05) is 6.42 Å². The third-order valence-corrected chi connectivity index (χ3v) is 2.59. The Morgan fingerprint density at radius 3 is 2.94 bits per heavy atom. The maximum atomic E-state index is 11.5. The molecule has 1 aliphatic heterocycles. The minimum absolute atomic E-state index is 0.104. The number of aromatic nitrogens is 1. The lowest BCUT2D eigenvalue weighted by atomic mass is 10.1. The number of pyridine rings is 1. The van der Waals surface area contributed by atoms with Gasteiger partial charge in [-0.25, -0.2) is 4.98 Å². The van der Waals surface area contributed by atoms with Crippen molar-refractivity contribution >= 4 is 23.3 Å². The van der Waals surface area contributed by atoms with Gasteiger partial charge in [-0.1, -0.05) is 0 Å². The summed E-state index contributed by atoms with van der Waals surface area (Å²) >= 11 is 0. The summed E-state index contributed by atoms with van der Waals surface area (Å²) in [5, 5.41) is 13.9. The molecule has 4 N–H and O–H groups in total. The van der Waals surface area contributed by atoms with E-state index < -0.39 is 6.04 Å². The number of nitrogen functional groups attached to an aromatic ring is 1. The molecule has 1 fully saturated rings. The van der Waals surface area contributed by atoms with Crippen LogP contribution < -0.4 is 16.4 Å². The van der Waals surface area contributed by atoms with Gasteiger partial charge >= 0.3 is 0 Å². The van der Waals surface area contributed by atoms with Crippen molar-refractivity contribution in [2.75, 3.05) is 11.1 Å². The molecule has 0 aliphatic carbocycles. The summed E-state index contributed by atoms with van der Waals surface area (Å²) in [5.74, 6) is -0.278. The van der Waals surface area contributed by atoms with Crippen molar-refractivity contribution in [3.8, 4) is 6.07 Å². The number of amides is 2. The average molecular weight is 245 g/mol. The monoisotopic (exact) mass is 245 g/mol. The fourth-order valence-electron chi connectivity index (χ4n) is 1.65. The third kappa shape index (κ3) is 2.38. The van der Waals surface area contributed by atoms with Gasteiger partial charge in [-0.05, 0) is 18.6 Å². The predicted molar refractivity (Wildman–Crippen MR) is 63.2 cm³/mol. The van der Waals surface area contributed by atoms with E-state index in [1.54, 1.807) is 12.1 Å². The molecule has 92 valence electrons. The van der Waals surface area contributed by atoms with E-state index in [1.165, 1.54) is 0 Å². The molecule has 0 spiro atoms. The van der Waals surface area contributed by atoms with Crippen LogP contribution in [-0.2, 0) is 9.59 Å². The first-order chi connectivity index (χ1) is 8.60. The highest BCUT2D eigenvalue weighted by atomic mass is 16.2. The SMILES string of the molecule is N#Cc1nc(NC2CCC(=O)NC2=O)ccc1N. The van der Waals surface area contributed by atoms with Crippen molar-refractivity contribution in [1.29, 1.82) is 5.26 Å². The van der Waals surface area contributed by atoms with Crippen LogP contribution in [0.4, 0.5) is 11.5 Å². The number of nitrogens with one attached hydrogen (secondary N) is 2. The van der Waals surface area contributed by atoms with Gasteiger partial charge in [0.05, 0.1) is 5.69 Å². The smallest absolute Gasteiger partial charge is 0.249 e. The molecule has 0 aromatic carbocycles. The molecule has 2 rings (SSSR count). The van der Waals surface area contributed by atoms with Crippen LogP contribution in [-0.4, -0.2) is 22.8 Å². The number of nitrogens with two attached hydrogens (primary N) is 1. The number of anilines is 2. The van der Waals surface area contributed by atoms with Gasteiger partial charge in [0.2, 0.25) is 11.8 Å². The van der Waals surface area contributed by atoms with Gasteiger partial charge in [-0.2, -0.15) is 5.26 Å². The second-order valence-corrected chi connectivity index (χ2v) is 3.89. The number of hydrogen-bond donors (Lipinski definition) is 3. The van der Waals surface area contributed by atoms with Gasteiger partial charge in [0.25, 0.3) is 0 Å². The van der Waals surface area contributed by atoms with Crippen LogP contribution in [0.5, 0.6) is 0 Å². The minimum atomic E-state index is -0.523. The standard InChI is InChI=1S/C11H11N5O2/c12-5-8-6(13)1-3-9(15-8)14-7-2-4-10(17)16-11(7)18/h1,3,7H,2,4,13H2,(H,14,15)(H,16,17,18). The van der Waals surface area contributed by atoms with Crippen LogP contribution in [0.2, 0.25) is 0 Å². The number of nitriles is 1. The van der Waals surface area contributed by atoms with Crippen LogP contribution in [0.25, 0.3) is 0 Å². The Balaban J connectivity index is 2.12. The number of carbonyl (C=O) groups excluding carboxylic acids is 2. The fraction of sp³-hybridized carbons (Fsp3) is 0.273. The zero-order chi connectivity index (χ0) is 13.1. The van der Waals surface area contributed by atoms with E-state index in [0.717, 1.165) is 0 Å². The van der Waals surface area contributed by atoms with Crippen LogP contribution in [0.1, 0.15) is 18.5 Å². The number of rotatable bonds is 2. The molecular formula is C11H11N5O2. The van der Waals surface area contributed by atoms with Crippen molar-refractivity contribution in [2.24, 2.45) is 0 Å². The summed E-state index contributed by atoms with van der Waals surface area (Å²) in [6, 6.07) is 4.46. The molecule has 0 saturated carbocycles. The van der Waals surface area contributed by atoms with Crippen molar-refractivity contribution < 1.29 is 9.59 Å². The van der Waals surface area contributed by atoms with Crippen molar-refractivity contribution in [2.45, 2.75) is 18.9 Å². The topological polar surface area (TPSA) is 121 Å². The Hall–Kier alpha value is -2.62. The Morgan fingerprint density at radius 1 is 1.50 bits per heavy atom. The normalized spacial score (nSPS) is 18.9. The maximum Gasteiger partial charge on any atom is 0.249 e. The molecule has 2 heterocycles. The zero-order valence-corrected chi connectivity index (χ0v) is 9.43. The van der Waals surface area contributed by atoms with Crippen LogP contribution in [0, 0.1) is 11.3 Å². The lowest BCUT2D eigenvalue weighted by Gasteiger charge is -2.22. The van der Waals surface area contributed by atoms with Crippen molar-refractivity contribution in [1.82, 2.24) is 10.3 Å². The molecule has 0 bridgehead atoms. The molecule has 1 aliphatic rings. The lowest BCUT2D eigenvalue weighted by molar-refractivity contribution is -0.133. The van der Waals surface area contributed by atoms with Crippen LogP contribution in [0.15, 0.2) is 12.1 Å². The molecular weight excluding hydrogens is 234 g/mol. The summed E-state index contributed by atoms with van der Waals surface area (Å²) in [4.78, 5) is 26.5. The molecule has 2 amide bonds. The predicted octanol–water partition coefficient (Wildman–Crippen LogP) is -0.247. The summed E-state index contributed by atoms with van der Waals surface area (Å²) in [6.45, 7) is 0. The third-order valence-electron chi connectivity index (χ3n) is 2.59. The molecule has 1 saturated heterocycles. The van der Waals surface area contributed by atoms with Gasteiger partial charge in [-0.15, -0.1) is 0 Å². The van der Waals surface area contributed by atoms with Crippen molar-refractivity contribution in [3.05, 3.63) is 17.8 Å². The van der Waals surface area contributed by atoms with Gasteiger partial charge in [0.1, 0.15) is 17.9 Å². The average Bonchev–Trinajstić information content (AvgIpc) is 2.35. The Labute approximate surface area is 103 Å². The summed E-state index contributed by atoms with van der Waals surface area (Å²) in [7, 11) is 0. The molecule has 7 nitrogen and oxygen atoms in total. The minimum Gasteiger partial charge on any atom is -0.396 e. The summed E-state index contributed by atoms with van der Waals surface area (Å²) in [6.07, 6.45) is 0.683. The Kier molecular flexibility index (Phi) is 3.10. The van der Waals surface area contributed by atoms with E-state index in [9.17, 15) is 9.59 Å². The summed E-state index contributed by atoms with van der Waals surface area (Å²) in [5.41, 5.74) is 5.93. The molecule has 1 atom stereocenters. The number of imide groups is 1. The molecule has 0 radical (unpaired) electrons. The summed E-state index contributed by atoms with van der Waals surface area (Å²) < 4.78 is 0. The number of carbonyl (C=O) groups is 2. The van der Waals surface area contributed by atoms with E-state index >= 15 is 0 Å². The van der Waals surface area contributed by atoms with Gasteiger partial charge in [-0.3, -0.25) is 14.9 Å². The number of piperidine rings is 1. The second-order valence-electron chi connectivity index (χ2n) is 3.89. The van der Waals surface area contributed by atoms with Gasteiger partial charge in [0.15, 0.2) is 5.69 Å². The van der Waals surface area contributed by atoms with Crippen molar-refractivity contribution in [3.63, 3.8) is 0 Å². The highest BCUT2D eigenvalue weighted by molar-refractivity contribution is 6.01. The molecule has 1 aromatic rings. The first kappa shape index (κ1) is 11.9.